The van der Waals surface area contributed by atoms with E-state index in [2.05, 4.69) is 52.4 Å². The van der Waals surface area contributed by atoms with Gasteiger partial charge in [-0.2, -0.15) is 0 Å². The lowest BCUT2D eigenvalue weighted by Gasteiger charge is -2.30. The van der Waals surface area contributed by atoms with Gasteiger partial charge >= 0.3 is 0 Å². The molecular weight excluding hydrogens is 246 g/mol. The second-order valence-corrected chi connectivity index (χ2v) is 5.67. The van der Waals surface area contributed by atoms with Crippen LogP contribution in [0, 0.1) is 0 Å². The summed E-state index contributed by atoms with van der Waals surface area (Å²) in [6.45, 7) is 0. The Hall–Kier alpha value is -2.13. The standard InChI is InChI=1S/C17H17N3/c18-15-8-14(9-15)17-19-10-16(20-17)13-6-5-11-3-1-2-4-12(11)7-13/h1-7,10,14-15H,8-9,18H2,(H,19,20). The highest BCUT2D eigenvalue weighted by atomic mass is 14.9. The number of nitrogens with zero attached hydrogens (tertiary/aromatic N) is 1. The molecular formula is C17H17N3. The van der Waals surface area contributed by atoms with Crippen molar-refractivity contribution in [2.75, 3.05) is 0 Å². The van der Waals surface area contributed by atoms with Crippen molar-refractivity contribution in [2.45, 2.75) is 24.8 Å². The van der Waals surface area contributed by atoms with Crippen LogP contribution in [0.2, 0.25) is 0 Å². The number of aromatic nitrogens is 2. The van der Waals surface area contributed by atoms with Gasteiger partial charge in [-0.15, -0.1) is 0 Å². The Balaban J connectivity index is 1.68. The Morgan fingerprint density at radius 2 is 1.85 bits per heavy atom. The number of fused-ring (bicyclic) bond motifs is 1. The van der Waals surface area contributed by atoms with Gasteiger partial charge in [-0.3, -0.25) is 0 Å². The van der Waals surface area contributed by atoms with E-state index in [-0.39, 0.29) is 0 Å². The fraction of sp³-hybridized carbons (Fsp3) is 0.235. The van der Waals surface area contributed by atoms with E-state index in [0.29, 0.717) is 12.0 Å². The molecule has 0 amide bonds. The van der Waals surface area contributed by atoms with E-state index >= 15 is 0 Å². The molecule has 0 radical (unpaired) electrons. The Bertz CT molecular complexity index is 754. The van der Waals surface area contributed by atoms with Crippen LogP contribution in [-0.4, -0.2) is 16.0 Å². The fourth-order valence-electron chi connectivity index (χ4n) is 2.93. The highest BCUT2D eigenvalue weighted by Crippen LogP contribution is 2.35. The van der Waals surface area contributed by atoms with Crippen LogP contribution in [0.5, 0.6) is 0 Å². The van der Waals surface area contributed by atoms with Crippen LogP contribution in [0.15, 0.2) is 48.7 Å². The van der Waals surface area contributed by atoms with Crippen LogP contribution >= 0.6 is 0 Å². The van der Waals surface area contributed by atoms with Gasteiger partial charge in [0.2, 0.25) is 0 Å². The zero-order chi connectivity index (χ0) is 13.5. The van der Waals surface area contributed by atoms with Crippen molar-refractivity contribution in [3.63, 3.8) is 0 Å². The summed E-state index contributed by atoms with van der Waals surface area (Å²) in [5, 5.41) is 2.52. The van der Waals surface area contributed by atoms with Crippen LogP contribution in [0.3, 0.4) is 0 Å². The predicted octanol–water partition coefficient (Wildman–Crippen LogP) is 3.43. The number of hydrogen-bond donors (Lipinski definition) is 2. The zero-order valence-corrected chi connectivity index (χ0v) is 11.2. The highest BCUT2D eigenvalue weighted by molar-refractivity contribution is 5.86. The number of aromatic amines is 1. The van der Waals surface area contributed by atoms with E-state index in [4.69, 9.17) is 5.73 Å². The lowest BCUT2D eigenvalue weighted by Crippen LogP contribution is -2.35. The zero-order valence-electron chi connectivity index (χ0n) is 11.2. The van der Waals surface area contributed by atoms with Crippen LogP contribution in [0.1, 0.15) is 24.6 Å². The van der Waals surface area contributed by atoms with E-state index < -0.39 is 0 Å². The molecule has 1 aromatic heterocycles. The number of benzene rings is 2. The van der Waals surface area contributed by atoms with Crippen molar-refractivity contribution in [1.29, 1.82) is 0 Å². The van der Waals surface area contributed by atoms with E-state index in [9.17, 15) is 0 Å². The summed E-state index contributed by atoms with van der Waals surface area (Å²) in [6.07, 6.45) is 4.03. The summed E-state index contributed by atoms with van der Waals surface area (Å²) < 4.78 is 0. The fourth-order valence-corrected chi connectivity index (χ4v) is 2.93. The van der Waals surface area contributed by atoms with Crippen molar-refractivity contribution in [3.05, 3.63) is 54.5 Å². The molecule has 1 fully saturated rings. The first-order valence-electron chi connectivity index (χ1n) is 7.09. The van der Waals surface area contributed by atoms with Gasteiger partial charge in [0, 0.05) is 17.5 Å². The summed E-state index contributed by atoms with van der Waals surface area (Å²) in [5.41, 5.74) is 8.12. The highest BCUT2D eigenvalue weighted by Gasteiger charge is 2.29. The summed E-state index contributed by atoms with van der Waals surface area (Å²) in [4.78, 5) is 7.97. The normalized spacial score (nSPS) is 21.9. The molecule has 1 heterocycles. The lowest BCUT2D eigenvalue weighted by atomic mass is 9.80. The SMILES string of the molecule is NC1CC(c2ncc(-c3ccc4ccccc4c3)[nH]2)C1. The van der Waals surface area contributed by atoms with Crippen molar-refractivity contribution in [2.24, 2.45) is 5.73 Å². The molecule has 3 heteroatoms. The molecule has 0 aliphatic heterocycles. The first-order valence-corrected chi connectivity index (χ1v) is 7.09. The number of H-pyrrole nitrogens is 1. The summed E-state index contributed by atoms with van der Waals surface area (Å²) in [6, 6.07) is 15.3. The average Bonchev–Trinajstić information content (AvgIpc) is 2.93. The topological polar surface area (TPSA) is 54.7 Å². The smallest absolute Gasteiger partial charge is 0.109 e. The third-order valence-corrected chi connectivity index (χ3v) is 4.22. The Labute approximate surface area is 117 Å². The van der Waals surface area contributed by atoms with Gasteiger partial charge in [0.05, 0.1) is 11.9 Å². The first kappa shape index (κ1) is 11.7. The second-order valence-electron chi connectivity index (χ2n) is 5.67. The minimum Gasteiger partial charge on any atom is -0.342 e. The molecule has 3 nitrogen and oxygen atoms in total. The molecule has 1 saturated carbocycles. The van der Waals surface area contributed by atoms with Gasteiger partial charge in [0.1, 0.15) is 5.82 Å². The molecule has 20 heavy (non-hydrogen) atoms. The largest absolute Gasteiger partial charge is 0.342 e. The van der Waals surface area contributed by atoms with Gasteiger partial charge in [-0.1, -0.05) is 36.4 Å². The minimum atomic E-state index is 0.356. The third-order valence-electron chi connectivity index (χ3n) is 4.22. The molecule has 4 rings (SSSR count). The van der Waals surface area contributed by atoms with Crippen molar-refractivity contribution in [1.82, 2.24) is 9.97 Å². The molecule has 2 aromatic carbocycles. The van der Waals surface area contributed by atoms with Gasteiger partial charge in [0.15, 0.2) is 0 Å². The van der Waals surface area contributed by atoms with Crippen LogP contribution in [0.25, 0.3) is 22.0 Å². The van der Waals surface area contributed by atoms with Gasteiger partial charge in [0.25, 0.3) is 0 Å². The molecule has 1 aliphatic rings. The number of hydrogen-bond acceptors (Lipinski definition) is 2. The maximum atomic E-state index is 5.84. The summed E-state index contributed by atoms with van der Waals surface area (Å²) in [7, 11) is 0. The summed E-state index contributed by atoms with van der Waals surface area (Å²) in [5.74, 6) is 1.59. The Morgan fingerprint density at radius 3 is 2.65 bits per heavy atom. The van der Waals surface area contributed by atoms with Crippen LogP contribution < -0.4 is 5.73 Å². The third kappa shape index (κ3) is 1.91. The summed E-state index contributed by atoms with van der Waals surface area (Å²) >= 11 is 0. The van der Waals surface area contributed by atoms with Crippen molar-refractivity contribution < 1.29 is 0 Å². The maximum absolute atomic E-state index is 5.84. The molecule has 0 bridgehead atoms. The van der Waals surface area contributed by atoms with Gasteiger partial charge in [-0.05, 0) is 29.7 Å². The Kier molecular flexibility index (Phi) is 2.60. The Morgan fingerprint density at radius 1 is 1.05 bits per heavy atom. The molecule has 0 spiro atoms. The van der Waals surface area contributed by atoms with Crippen molar-refractivity contribution in [3.8, 4) is 11.3 Å². The molecule has 1 aliphatic carbocycles. The van der Waals surface area contributed by atoms with E-state index in [1.54, 1.807) is 0 Å². The first-order chi connectivity index (χ1) is 9.79. The second kappa shape index (κ2) is 4.46. The monoisotopic (exact) mass is 263 g/mol. The molecule has 0 atom stereocenters. The van der Waals surface area contributed by atoms with Gasteiger partial charge in [-0.25, -0.2) is 4.98 Å². The maximum Gasteiger partial charge on any atom is 0.109 e. The van der Waals surface area contributed by atoms with E-state index in [1.807, 2.05) is 6.20 Å². The van der Waals surface area contributed by atoms with Gasteiger partial charge < -0.3 is 10.7 Å². The lowest BCUT2D eigenvalue weighted by molar-refractivity contribution is 0.340. The minimum absolute atomic E-state index is 0.356. The van der Waals surface area contributed by atoms with Crippen LogP contribution in [-0.2, 0) is 0 Å². The number of nitrogens with one attached hydrogen (secondary N) is 1. The molecule has 3 aromatic rings. The quantitative estimate of drug-likeness (QED) is 0.744. The molecule has 100 valence electrons. The number of imidazole rings is 1. The van der Waals surface area contributed by atoms with E-state index in [0.717, 1.165) is 24.4 Å². The predicted molar refractivity (Wildman–Crippen MR) is 81.5 cm³/mol. The average molecular weight is 263 g/mol. The van der Waals surface area contributed by atoms with E-state index in [1.165, 1.54) is 16.3 Å². The van der Waals surface area contributed by atoms with Crippen LogP contribution in [0.4, 0.5) is 0 Å². The molecule has 3 N–H and O–H groups in total. The van der Waals surface area contributed by atoms with Crippen molar-refractivity contribution >= 4 is 10.8 Å². The molecule has 0 saturated heterocycles. The molecule has 0 unspecified atom stereocenters. The number of nitrogens with two attached hydrogens (primary N) is 1. The number of rotatable bonds is 2.